The molecule has 1 aromatic carbocycles. The molecule has 0 bridgehead atoms. The minimum absolute atomic E-state index is 0. The molecule has 16 heavy (non-hydrogen) atoms. The maximum absolute atomic E-state index is 3.23. The molecule has 0 saturated heterocycles. The van der Waals surface area contributed by atoms with Gasteiger partial charge in [-0.3, -0.25) is 0 Å². The second-order valence-corrected chi connectivity index (χ2v) is 4.23. The molecule has 0 fully saturated rings. The third kappa shape index (κ3) is 2.77. The van der Waals surface area contributed by atoms with E-state index in [1.165, 1.54) is 22.5 Å². The van der Waals surface area contributed by atoms with Crippen molar-refractivity contribution in [3.05, 3.63) is 53.7 Å². The summed E-state index contributed by atoms with van der Waals surface area (Å²) in [6.45, 7) is 0. The molecule has 2 rings (SSSR count). The number of hydrogen-bond donors (Lipinski definition) is 1. The van der Waals surface area contributed by atoms with Gasteiger partial charge in [0.2, 0.25) is 0 Å². The molecule has 3 heteroatoms. The molecular weight excluding hydrogens is 308 g/mol. The van der Waals surface area contributed by atoms with Gasteiger partial charge in [0, 0.05) is 27.5 Å². The third-order valence-electron chi connectivity index (χ3n) is 2.57. The van der Waals surface area contributed by atoms with E-state index in [4.69, 9.17) is 0 Å². The minimum Gasteiger partial charge on any atom is -0.398 e. The van der Waals surface area contributed by atoms with Gasteiger partial charge in [-0.1, -0.05) is 24.6 Å². The van der Waals surface area contributed by atoms with Crippen molar-refractivity contribution in [2.24, 2.45) is 0 Å². The zero-order valence-electron chi connectivity index (χ0n) is 9.14. The van der Waals surface area contributed by atoms with Gasteiger partial charge in [0.1, 0.15) is 0 Å². The van der Waals surface area contributed by atoms with Crippen LogP contribution in [0.4, 0.5) is 5.69 Å². The normalized spacial score (nSPS) is 14.1. The molecule has 1 aliphatic rings. The van der Waals surface area contributed by atoms with Crippen molar-refractivity contribution in [2.75, 3.05) is 12.4 Å². The van der Waals surface area contributed by atoms with Crippen LogP contribution in [0, 0.1) is 5.66 Å². The Labute approximate surface area is 113 Å². The summed E-state index contributed by atoms with van der Waals surface area (Å²) < 4.78 is 0. The Kier molecular flexibility index (Phi) is 5.29. The number of anilines is 1. The molecule has 1 aliphatic carbocycles. The van der Waals surface area contributed by atoms with Crippen molar-refractivity contribution < 1.29 is 20.4 Å². The Morgan fingerprint density at radius 2 is 2.06 bits per heavy atom. The van der Waals surface area contributed by atoms with E-state index >= 15 is 0 Å². The van der Waals surface area contributed by atoms with Gasteiger partial charge in [-0.25, -0.2) is 0 Å². The van der Waals surface area contributed by atoms with Crippen LogP contribution in [0.3, 0.4) is 0 Å². The summed E-state index contributed by atoms with van der Waals surface area (Å²) in [7, 11) is 4.79. The molecule has 0 amide bonds. The van der Waals surface area contributed by atoms with Crippen LogP contribution in [-0.2, 0) is 20.4 Å². The molecule has 1 aromatic rings. The van der Waals surface area contributed by atoms with Crippen LogP contribution >= 0.6 is 9.24 Å². The fraction of sp³-hybridized carbons (Fsp3) is 0.154. The second-order valence-electron chi connectivity index (χ2n) is 3.53. The molecule has 0 heterocycles. The average Bonchev–Trinajstić information content (AvgIpc) is 2.30. The Balaban J connectivity index is 0.00000128. The monoisotopic (exact) mass is 322 g/mol. The topological polar surface area (TPSA) is 12.0 Å². The summed E-state index contributed by atoms with van der Waals surface area (Å²) in [6.07, 6.45) is 7.49. The van der Waals surface area contributed by atoms with Gasteiger partial charge < -0.3 is 5.32 Å². The summed E-state index contributed by atoms with van der Waals surface area (Å²) in [5, 5.41) is 3.23. The van der Waals surface area contributed by atoms with E-state index in [1.807, 2.05) is 7.05 Å². The van der Waals surface area contributed by atoms with E-state index in [0.717, 1.165) is 6.42 Å². The van der Waals surface area contributed by atoms with Gasteiger partial charge in [0.15, 0.2) is 0 Å². The van der Waals surface area contributed by atoms with E-state index in [1.54, 1.807) is 0 Å². The van der Waals surface area contributed by atoms with Gasteiger partial charge in [-0.05, 0) is 5.69 Å². The maximum Gasteiger partial charge on any atom is 0.00236 e. The Morgan fingerprint density at radius 3 is 2.75 bits per heavy atom. The summed E-state index contributed by atoms with van der Waals surface area (Å²) >= 11 is 0. The molecule has 1 unspecified atom stereocenters. The first-order chi connectivity index (χ1) is 7.33. The zero-order valence-corrected chi connectivity index (χ0v) is 11.9. The minimum atomic E-state index is 0. The van der Waals surface area contributed by atoms with Crippen LogP contribution in [0.25, 0.3) is 5.57 Å². The average molecular weight is 323 g/mol. The molecule has 0 radical (unpaired) electrons. The first kappa shape index (κ1) is 13.5. The van der Waals surface area contributed by atoms with E-state index in [0.29, 0.717) is 0 Å². The van der Waals surface area contributed by atoms with E-state index < -0.39 is 0 Å². The largest absolute Gasteiger partial charge is 0.398 e. The van der Waals surface area contributed by atoms with Crippen LogP contribution < -0.4 is 5.32 Å². The predicted molar refractivity (Wildman–Crippen MR) is 70.7 cm³/mol. The summed E-state index contributed by atoms with van der Waals surface area (Å²) in [5.41, 5.74) is 5.11. The molecule has 1 atom stereocenters. The smallest absolute Gasteiger partial charge is 0.00236 e. The fourth-order valence-corrected chi connectivity index (χ4v) is 2.16. The first-order valence-electron chi connectivity index (χ1n) is 5.08. The quantitative estimate of drug-likeness (QED) is 0.499. The van der Waals surface area contributed by atoms with Crippen molar-refractivity contribution in [1.82, 2.24) is 0 Å². The van der Waals surface area contributed by atoms with E-state index in [9.17, 15) is 0 Å². The SMILES string of the molecule is CNc1ccccc1C1=CC=CC[C-]1P.[Pd]. The van der Waals surface area contributed by atoms with Crippen LogP contribution in [0.1, 0.15) is 12.0 Å². The van der Waals surface area contributed by atoms with Gasteiger partial charge in [-0.2, -0.15) is 20.9 Å². The molecule has 88 valence electrons. The van der Waals surface area contributed by atoms with Crippen LogP contribution in [0.15, 0.2) is 42.5 Å². The Bertz CT molecular complexity index is 412. The second kappa shape index (κ2) is 6.26. The van der Waals surface area contributed by atoms with Crippen molar-refractivity contribution in [3.8, 4) is 0 Å². The van der Waals surface area contributed by atoms with Crippen molar-refractivity contribution in [1.29, 1.82) is 0 Å². The number of nitrogens with one attached hydrogen (secondary N) is 1. The van der Waals surface area contributed by atoms with Crippen molar-refractivity contribution in [2.45, 2.75) is 6.42 Å². The van der Waals surface area contributed by atoms with Crippen molar-refractivity contribution in [3.63, 3.8) is 0 Å². The summed E-state index contributed by atoms with van der Waals surface area (Å²) in [5.74, 6) is 0. The summed E-state index contributed by atoms with van der Waals surface area (Å²) in [4.78, 5) is 0. The fourth-order valence-electron chi connectivity index (χ4n) is 1.78. The molecular formula is C13H15NPPd-. The maximum atomic E-state index is 3.23. The first-order valence-corrected chi connectivity index (χ1v) is 5.66. The van der Waals surface area contributed by atoms with Gasteiger partial charge in [0.25, 0.3) is 0 Å². The van der Waals surface area contributed by atoms with Gasteiger partial charge >= 0.3 is 0 Å². The molecule has 0 saturated carbocycles. The number of allylic oxidation sites excluding steroid dienone is 4. The van der Waals surface area contributed by atoms with E-state index in [-0.39, 0.29) is 20.4 Å². The molecule has 0 aromatic heterocycles. The van der Waals surface area contributed by atoms with Gasteiger partial charge in [-0.15, -0.1) is 29.4 Å². The third-order valence-corrected chi connectivity index (χ3v) is 3.12. The summed E-state index contributed by atoms with van der Waals surface area (Å²) in [6, 6.07) is 8.39. The van der Waals surface area contributed by atoms with Crippen molar-refractivity contribution >= 4 is 20.5 Å². The standard InChI is InChI=1S/C13H15NP.Pd/c1-14-12-8-4-2-6-10(12)11-7-3-5-9-13(11)15;/h2-8,14H,9,15H2,1H3;/q-1;. The molecule has 0 aliphatic heterocycles. The number of hydrogen-bond acceptors (Lipinski definition) is 1. The predicted octanol–water partition coefficient (Wildman–Crippen LogP) is 3.48. The van der Waals surface area contributed by atoms with Crippen LogP contribution in [0.2, 0.25) is 0 Å². The number of para-hydroxylation sites is 1. The van der Waals surface area contributed by atoms with E-state index in [2.05, 4.69) is 57.1 Å². The Morgan fingerprint density at radius 1 is 1.31 bits per heavy atom. The van der Waals surface area contributed by atoms with Crippen LogP contribution in [-0.4, -0.2) is 7.05 Å². The Hall–Kier alpha value is -0.538. The zero-order chi connectivity index (χ0) is 10.7. The number of rotatable bonds is 2. The van der Waals surface area contributed by atoms with Crippen LogP contribution in [0.5, 0.6) is 0 Å². The number of benzene rings is 1. The molecule has 1 N–H and O–H groups in total. The van der Waals surface area contributed by atoms with Gasteiger partial charge in [0.05, 0.1) is 0 Å². The molecule has 0 spiro atoms. The molecule has 1 nitrogen and oxygen atoms in total.